The first-order valence-corrected chi connectivity index (χ1v) is 9.63. The average Bonchev–Trinajstić information content (AvgIpc) is 2.66. The molecule has 1 heterocycles. The van der Waals surface area contributed by atoms with E-state index >= 15 is 0 Å². The first kappa shape index (κ1) is 20.6. The van der Waals surface area contributed by atoms with Gasteiger partial charge in [-0.25, -0.2) is 4.39 Å². The van der Waals surface area contributed by atoms with Gasteiger partial charge in [0.15, 0.2) is 0 Å². The maximum Gasteiger partial charge on any atom is 0.253 e. The van der Waals surface area contributed by atoms with Gasteiger partial charge in [-0.15, -0.1) is 0 Å². The topological polar surface area (TPSA) is 52.7 Å². The van der Waals surface area contributed by atoms with Crippen molar-refractivity contribution in [2.75, 3.05) is 39.3 Å². The fourth-order valence-corrected chi connectivity index (χ4v) is 3.16. The van der Waals surface area contributed by atoms with Gasteiger partial charge in [-0.2, -0.15) is 0 Å². The Morgan fingerprint density at radius 1 is 1.23 bits per heavy atom. The van der Waals surface area contributed by atoms with Gasteiger partial charge in [0.05, 0.1) is 5.02 Å². The molecule has 0 aliphatic carbocycles. The molecular weight excluding hydrogens is 357 g/mol. The van der Waals surface area contributed by atoms with Crippen LogP contribution in [0.25, 0.3) is 0 Å². The molecule has 1 aliphatic heterocycles. The van der Waals surface area contributed by atoms with Crippen LogP contribution in [-0.2, 0) is 4.79 Å². The van der Waals surface area contributed by atoms with Gasteiger partial charge in [-0.1, -0.05) is 31.4 Å². The lowest BCUT2D eigenvalue weighted by molar-refractivity contribution is -0.131. The second kappa shape index (κ2) is 10.5. The van der Waals surface area contributed by atoms with Gasteiger partial charge in [0, 0.05) is 51.3 Å². The van der Waals surface area contributed by atoms with Crippen molar-refractivity contribution in [2.24, 2.45) is 0 Å². The summed E-state index contributed by atoms with van der Waals surface area (Å²) in [5, 5.41) is 3.15. The van der Waals surface area contributed by atoms with Crippen molar-refractivity contribution in [3.05, 3.63) is 34.6 Å². The minimum absolute atomic E-state index is 0.0666. The monoisotopic (exact) mass is 383 g/mol. The van der Waals surface area contributed by atoms with Crippen molar-refractivity contribution in [1.29, 1.82) is 0 Å². The van der Waals surface area contributed by atoms with E-state index in [1.54, 1.807) is 4.90 Å². The van der Waals surface area contributed by atoms with E-state index in [2.05, 4.69) is 12.2 Å². The van der Waals surface area contributed by atoms with Gasteiger partial charge < -0.3 is 15.1 Å². The predicted octanol–water partition coefficient (Wildman–Crippen LogP) is 2.93. The highest BCUT2D eigenvalue weighted by atomic mass is 35.5. The van der Waals surface area contributed by atoms with Crippen LogP contribution in [0.3, 0.4) is 0 Å². The second-order valence-corrected chi connectivity index (χ2v) is 6.92. The highest BCUT2D eigenvalue weighted by Crippen LogP contribution is 2.18. The standard InChI is InChI=1S/C19H27ClFN3O2/c1-2-3-4-10-24(11-7-18(25)23-12-8-22-9-13-23)19(26)15-5-6-17(21)16(20)14-15/h5-6,14,22H,2-4,7-13H2,1H3. The lowest BCUT2D eigenvalue weighted by Crippen LogP contribution is -2.47. The summed E-state index contributed by atoms with van der Waals surface area (Å²) < 4.78 is 13.4. The summed E-state index contributed by atoms with van der Waals surface area (Å²) in [5.74, 6) is -0.692. The summed E-state index contributed by atoms with van der Waals surface area (Å²) in [7, 11) is 0. The molecule has 0 bridgehead atoms. The molecule has 0 atom stereocenters. The van der Waals surface area contributed by atoms with Crippen LogP contribution in [-0.4, -0.2) is 60.9 Å². The second-order valence-electron chi connectivity index (χ2n) is 6.51. The first-order valence-electron chi connectivity index (χ1n) is 9.25. The molecule has 2 amide bonds. The molecule has 0 radical (unpaired) electrons. The van der Waals surface area contributed by atoms with E-state index in [1.165, 1.54) is 18.2 Å². The average molecular weight is 384 g/mol. The molecule has 0 aromatic heterocycles. The molecule has 2 rings (SSSR count). The summed E-state index contributed by atoms with van der Waals surface area (Å²) in [6, 6.07) is 3.99. The van der Waals surface area contributed by atoms with Crippen molar-refractivity contribution in [1.82, 2.24) is 15.1 Å². The van der Waals surface area contributed by atoms with Crippen molar-refractivity contribution in [2.45, 2.75) is 32.6 Å². The van der Waals surface area contributed by atoms with Gasteiger partial charge in [0.25, 0.3) is 5.91 Å². The van der Waals surface area contributed by atoms with E-state index in [4.69, 9.17) is 11.6 Å². The van der Waals surface area contributed by atoms with Gasteiger partial charge in [-0.05, 0) is 24.6 Å². The zero-order chi connectivity index (χ0) is 18.9. The van der Waals surface area contributed by atoms with Crippen molar-refractivity contribution in [3.63, 3.8) is 0 Å². The number of nitrogens with one attached hydrogen (secondary N) is 1. The van der Waals surface area contributed by atoms with Crippen LogP contribution < -0.4 is 5.32 Å². The Bertz CT molecular complexity index is 621. The van der Waals surface area contributed by atoms with E-state index in [0.717, 1.165) is 32.4 Å². The van der Waals surface area contributed by atoms with Gasteiger partial charge in [0.2, 0.25) is 5.91 Å². The number of carbonyl (C=O) groups excluding carboxylic acids is 2. The molecule has 7 heteroatoms. The highest BCUT2D eigenvalue weighted by molar-refractivity contribution is 6.31. The third kappa shape index (κ3) is 5.95. The Kier molecular flexibility index (Phi) is 8.32. The molecule has 0 unspecified atom stereocenters. The Hall–Kier alpha value is -1.66. The summed E-state index contributed by atoms with van der Waals surface area (Å²) in [4.78, 5) is 28.7. The Labute approximate surface area is 159 Å². The Morgan fingerprint density at radius 2 is 1.96 bits per heavy atom. The van der Waals surface area contributed by atoms with Crippen LogP contribution in [0.2, 0.25) is 5.02 Å². The molecule has 0 spiro atoms. The molecule has 1 aliphatic rings. The molecule has 1 aromatic rings. The minimum atomic E-state index is -0.547. The number of unbranched alkanes of at least 4 members (excludes halogenated alkanes) is 2. The normalized spacial score (nSPS) is 14.3. The van der Waals surface area contributed by atoms with Crippen molar-refractivity contribution < 1.29 is 14.0 Å². The zero-order valence-corrected chi connectivity index (χ0v) is 16.0. The van der Waals surface area contributed by atoms with E-state index in [0.29, 0.717) is 38.2 Å². The predicted molar refractivity (Wildman–Crippen MR) is 101 cm³/mol. The summed E-state index contributed by atoms with van der Waals surface area (Å²) in [6.45, 7) is 6.06. The van der Waals surface area contributed by atoms with Gasteiger partial charge in [0.1, 0.15) is 5.82 Å². The van der Waals surface area contributed by atoms with Crippen LogP contribution in [0, 0.1) is 5.82 Å². The summed E-state index contributed by atoms with van der Waals surface area (Å²) >= 11 is 5.81. The quantitative estimate of drug-likeness (QED) is 0.702. The summed E-state index contributed by atoms with van der Waals surface area (Å²) in [6.07, 6.45) is 3.23. The fourth-order valence-electron chi connectivity index (χ4n) is 2.98. The third-order valence-electron chi connectivity index (χ3n) is 4.55. The number of hydrogen-bond donors (Lipinski definition) is 1. The molecule has 1 saturated heterocycles. The number of rotatable bonds is 8. The molecule has 1 N–H and O–H groups in total. The SMILES string of the molecule is CCCCCN(CCC(=O)N1CCNCC1)C(=O)c1ccc(F)c(Cl)c1. The molecule has 0 saturated carbocycles. The molecule has 26 heavy (non-hydrogen) atoms. The van der Waals surface area contributed by atoms with Crippen LogP contribution >= 0.6 is 11.6 Å². The van der Waals surface area contributed by atoms with Crippen LogP contribution in [0.1, 0.15) is 43.0 Å². The van der Waals surface area contributed by atoms with Crippen LogP contribution in [0.15, 0.2) is 18.2 Å². The number of benzene rings is 1. The third-order valence-corrected chi connectivity index (χ3v) is 4.84. The van der Waals surface area contributed by atoms with Crippen LogP contribution in [0.4, 0.5) is 4.39 Å². The lowest BCUT2D eigenvalue weighted by Gasteiger charge is -2.29. The number of nitrogens with zero attached hydrogens (tertiary/aromatic N) is 2. The number of halogens is 2. The Morgan fingerprint density at radius 3 is 2.62 bits per heavy atom. The molecule has 1 fully saturated rings. The molecular formula is C19H27ClFN3O2. The smallest absolute Gasteiger partial charge is 0.253 e. The lowest BCUT2D eigenvalue weighted by atomic mass is 10.1. The molecule has 1 aromatic carbocycles. The minimum Gasteiger partial charge on any atom is -0.340 e. The van der Waals surface area contributed by atoms with E-state index in [-0.39, 0.29) is 16.8 Å². The maximum absolute atomic E-state index is 13.4. The van der Waals surface area contributed by atoms with Gasteiger partial charge in [-0.3, -0.25) is 9.59 Å². The maximum atomic E-state index is 13.4. The first-order chi connectivity index (χ1) is 12.5. The molecule has 5 nitrogen and oxygen atoms in total. The van der Waals surface area contributed by atoms with Crippen LogP contribution in [0.5, 0.6) is 0 Å². The van der Waals surface area contributed by atoms with Crippen molar-refractivity contribution >= 4 is 23.4 Å². The fraction of sp³-hybridized carbons (Fsp3) is 0.579. The number of piperazine rings is 1. The van der Waals surface area contributed by atoms with Crippen molar-refractivity contribution in [3.8, 4) is 0 Å². The number of amides is 2. The molecule has 144 valence electrons. The number of carbonyl (C=O) groups is 2. The van der Waals surface area contributed by atoms with E-state index in [9.17, 15) is 14.0 Å². The summed E-state index contributed by atoms with van der Waals surface area (Å²) in [5.41, 5.74) is 0.350. The number of hydrogen-bond acceptors (Lipinski definition) is 3. The highest BCUT2D eigenvalue weighted by Gasteiger charge is 2.21. The zero-order valence-electron chi connectivity index (χ0n) is 15.3. The Balaban J connectivity index is 2.00. The van der Waals surface area contributed by atoms with Gasteiger partial charge >= 0.3 is 0 Å². The largest absolute Gasteiger partial charge is 0.340 e. The van der Waals surface area contributed by atoms with E-state index < -0.39 is 5.82 Å². The van der Waals surface area contributed by atoms with E-state index in [1.807, 2.05) is 4.90 Å².